The Bertz CT molecular complexity index is 505. The van der Waals surface area contributed by atoms with E-state index in [0.717, 1.165) is 26.5 Å². The summed E-state index contributed by atoms with van der Waals surface area (Å²) in [7, 11) is 0. The average molecular weight is 252 g/mol. The summed E-state index contributed by atoms with van der Waals surface area (Å²) < 4.78 is 12.3. The molecule has 1 heterocycles. The standard InChI is InChI=1S/C13H16O3S/c1-3-15-9-6-5-7-10-12(9)13(16-4-2)11(8-14)17-10/h5-7,14H,3-4,8H2,1-2H3. The van der Waals surface area contributed by atoms with E-state index >= 15 is 0 Å². The van der Waals surface area contributed by atoms with Gasteiger partial charge in [0.05, 0.1) is 30.1 Å². The van der Waals surface area contributed by atoms with Gasteiger partial charge in [-0.1, -0.05) is 6.07 Å². The second-order valence-corrected chi connectivity index (χ2v) is 4.64. The molecule has 0 spiro atoms. The SMILES string of the molecule is CCOc1cccc2sc(CO)c(OCC)c12. The molecule has 0 aliphatic carbocycles. The van der Waals surface area contributed by atoms with Gasteiger partial charge in [0.2, 0.25) is 0 Å². The number of aliphatic hydroxyl groups is 1. The molecule has 0 saturated heterocycles. The van der Waals surface area contributed by atoms with Crippen LogP contribution in [0.4, 0.5) is 0 Å². The summed E-state index contributed by atoms with van der Waals surface area (Å²) in [5.74, 6) is 1.59. The smallest absolute Gasteiger partial charge is 0.147 e. The first kappa shape index (κ1) is 12.2. The van der Waals surface area contributed by atoms with Gasteiger partial charge < -0.3 is 14.6 Å². The third-order valence-corrected chi connectivity index (χ3v) is 3.55. The van der Waals surface area contributed by atoms with Crippen molar-refractivity contribution in [3.63, 3.8) is 0 Å². The van der Waals surface area contributed by atoms with Crippen molar-refractivity contribution < 1.29 is 14.6 Å². The Balaban J connectivity index is 2.63. The van der Waals surface area contributed by atoms with E-state index in [0.29, 0.717) is 13.2 Å². The summed E-state index contributed by atoms with van der Waals surface area (Å²) in [6.07, 6.45) is 0. The van der Waals surface area contributed by atoms with Crippen LogP contribution in [0.25, 0.3) is 10.1 Å². The van der Waals surface area contributed by atoms with Gasteiger partial charge in [0.15, 0.2) is 0 Å². The summed E-state index contributed by atoms with van der Waals surface area (Å²) in [5, 5.41) is 10.3. The Morgan fingerprint density at radius 2 is 1.94 bits per heavy atom. The third kappa shape index (κ3) is 2.23. The second-order valence-electron chi connectivity index (χ2n) is 3.51. The van der Waals surface area contributed by atoms with Crippen molar-refractivity contribution in [1.29, 1.82) is 0 Å². The lowest BCUT2D eigenvalue weighted by Crippen LogP contribution is -1.96. The van der Waals surface area contributed by atoms with Gasteiger partial charge in [0.25, 0.3) is 0 Å². The Morgan fingerprint density at radius 1 is 1.18 bits per heavy atom. The van der Waals surface area contributed by atoms with Crippen LogP contribution in [-0.4, -0.2) is 18.3 Å². The minimum atomic E-state index is 0.000243. The number of hydrogen-bond acceptors (Lipinski definition) is 4. The lowest BCUT2D eigenvalue weighted by Gasteiger charge is -2.08. The van der Waals surface area contributed by atoms with E-state index in [2.05, 4.69) is 0 Å². The minimum absolute atomic E-state index is 0.000243. The number of aliphatic hydroxyl groups excluding tert-OH is 1. The molecule has 92 valence electrons. The highest BCUT2D eigenvalue weighted by molar-refractivity contribution is 7.19. The molecular weight excluding hydrogens is 236 g/mol. The summed E-state index contributed by atoms with van der Waals surface area (Å²) >= 11 is 1.55. The molecule has 0 atom stereocenters. The Kier molecular flexibility index (Phi) is 3.86. The van der Waals surface area contributed by atoms with Gasteiger partial charge in [-0.05, 0) is 26.0 Å². The summed E-state index contributed by atoms with van der Waals surface area (Å²) in [6.45, 7) is 5.10. The molecule has 0 aliphatic rings. The van der Waals surface area contributed by atoms with E-state index in [1.807, 2.05) is 32.0 Å². The van der Waals surface area contributed by atoms with Crippen molar-refractivity contribution in [2.45, 2.75) is 20.5 Å². The summed E-state index contributed by atoms with van der Waals surface area (Å²) in [6, 6.07) is 5.91. The molecule has 0 fully saturated rings. The van der Waals surface area contributed by atoms with Crippen LogP contribution in [0.2, 0.25) is 0 Å². The average Bonchev–Trinajstić information content (AvgIpc) is 2.69. The van der Waals surface area contributed by atoms with E-state index in [9.17, 15) is 5.11 Å². The summed E-state index contributed by atoms with van der Waals surface area (Å²) in [4.78, 5) is 0.856. The monoisotopic (exact) mass is 252 g/mol. The first-order chi connectivity index (χ1) is 8.31. The van der Waals surface area contributed by atoms with Crippen molar-refractivity contribution >= 4 is 21.4 Å². The van der Waals surface area contributed by atoms with Crippen LogP contribution in [0.15, 0.2) is 18.2 Å². The van der Waals surface area contributed by atoms with E-state index in [1.165, 1.54) is 0 Å². The fourth-order valence-electron chi connectivity index (χ4n) is 1.82. The van der Waals surface area contributed by atoms with E-state index in [1.54, 1.807) is 11.3 Å². The Morgan fingerprint density at radius 3 is 2.59 bits per heavy atom. The van der Waals surface area contributed by atoms with Gasteiger partial charge in [0, 0.05) is 4.70 Å². The van der Waals surface area contributed by atoms with Crippen LogP contribution >= 0.6 is 11.3 Å². The number of ether oxygens (including phenoxy) is 2. The highest BCUT2D eigenvalue weighted by Gasteiger charge is 2.16. The fourth-order valence-corrected chi connectivity index (χ4v) is 2.84. The Labute approximate surface area is 105 Å². The van der Waals surface area contributed by atoms with E-state index < -0.39 is 0 Å². The summed E-state index contributed by atoms with van der Waals surface area (Å²) in [5.41, 5.74) is 0. The highest BCUT2D eigenvalue weighted by Crippen LogP contribution is 2.43. The number of benzene rings is 1. The maximum absolute atomic E-state index is 9.36. The molecule has 0 bridgehead atoms. The molecule has 1 aromatic carbocycles. The number of rotatable bonds is 5. The lowest BCUT2D eigenvalue weighted by atomic mass is 10.2. The second kappa shape index (κ2) is 5.38. The third-order valence-electron chi connectivity index (χ3n) is 2.43. The molecule has 2 aromatic rings. The zero-order valence-corrected chi connectivity index (χ0v) is 10.8. The molecule has 0 radical (unpaired) electrons. The molecular formula is C13H16O3S. The van der Waals surface area contributed by atoms with Gasteiger partial charge in [-0.15, -0.1) is 11.3 Å². The van der Waals surface area contributed by atoms with Gasteiger partial charge in [-0.3, -0.25) is 0 Å². The molecule has 0 unspecified atom stereocenters. The van der Waals surface area contributed by atoms with Crippen LogP contribution in [0.1, 0.15) is 18.7 Å². The van der Waals surface area contributed by atoms with E-state index in [4.69, 9.17) is 9.47 Å². The quantitative estimate of drug-likeness (QED) is 0.888. The van der Waals surface area contributed by atoms with Gasteiger partial charge >= 0.3 is 0 Å². The van der Waals surface area contributed by atoms with Crippen LogP contribution in [0, 0.1) is 0 Å². The topological polar surface area (TPSA) is 38.7 Å². The van der Waals surface area contributed by atoms with Crippen LogP contribution in [0.5, 0.6) is 11.5 Å². The van der Waals surface area contributed by atoms with Crippen LogP contribution < -0.4 is 9.47 Å². The van der Waals surface area contributed by atoms with Gasteiger partial charge in [0.1, 0.15) is 11.5 Å². The van der Waals surface area contributed by atoms with Crippen molar-refractivity contribution in [3.8, 4) is 11.5 Å². The molecule has 2 rings (SSSR count). The number of fused-ring (bicyclic) bond motifs is 1. The van der Waals surface area contributed by atoms with Crippen LogP contribution in [0.3, 0.4) is 0 Å². The molecule has 1 aromatic heterocycles. The lowest BCUT2D eigenvalue weighted by molar-refractivity contribution is 0.272. The minimum Gasteiger partial charge on any atom is -0.493 e. The maximum atomic E-state index is 9.36. The zero-order chi connectivity index (χ0) is 12.3. The van der Waals surface area contributed by atoms with Crippen molar-refractivity contribution in [2.24, 2.45) is 0 Å². The zero-order valence-electron chi connectivity index (χ0n) is 10.0. The first-order valence-corrected chi connectivity index (χ1v) is 6.54. The molecule has 4 heteroatoms. The van der Waals surface area contributed by atoms with Gasteiger partial charge in [-0.25, -0.2) is 0 Å². The molecule has 0 saturated carbocycles. The highest BCUT2D eigenvalue weighted by atomic mass is 32.1. The molecule has 0 amide bonds. The number of thiophene rings is 1. The normalized spacial score (nSPS) is 10.8. The largest absolute Gasteiger partial charge is 0.493 e. The first-order valence-electron chi connectivity index (χ1n) is 5.72. The Hall–Kier alpha value is -1.26. The van der Waals surface area contributed by atoms with Crippen molar-refractivity contribution in [2.75, 3.05) is 13.2 Å². The van der Waals surface area contributed by atoms with Gasteiger partial charge in [-0.2, -0.15) is 0 Å². The van der Waals surface area contributed by atoms with E-state index in [-0.39, 0.29) is 6.61 Å². The van der Waals surface area contributed by atoms with Crippen LogP contribution in [-0.2, 0) is 6.61 Å². The number of hydrogen-bond donors (Lipinski definition) is 1. The molecule has 1 N–H and O–H groups in total. The fraction of sp³-hybridized carbons (Fsp3) is 0.385. The van der Waals surface area contributed by atoms with Crippen molar-refractivity contribution in [1.82, 2.24) is 0 Å². The predicted molar refractivity (Wildman–Crippen MR) is 70.1 cm³/mol. The van der Waals surface area contributed by atoms with Crippen molar-refractivity contribution in [3.05, 3.63) is 23.1 Å². The predicted octanol–water partition coefficient (Wildman–Crippen LogP) is 3.19. The molecule has 17 heavy (non-hydrogen) atoms. The molecule has 0 aliphatic heterocycles. The molecule has 3 nitrogen and oxygen atoms in total. The maximum Gasteiger partial charge on any atom is 0.147 e.